The smallest absolute Gasteiger partial charge is 0.376 e. The Hall–Kier alpha value is -1.13. The Morgan fingerprint density at radius 3 is 2.93 bits per heavy atom. The standard InChI is InChI=1S/C11H15BN2O/c1-12(15)14-7-4-10(5-8-14)11-3-2-6-13-9-11/h2-4,6,9,15H,5,7-8H2,1H3. The van der Waals surface area contributed by atoms with Crippen LogP contribution in [0, 0.1) is 0 Å². The van der Waals surface area contributed by atoms with E-state index in [1.807, 2.05) is 23.9 Å². The van der Waals surface area contributed by atoms with Gasteiger partial charge in [0.1, 0.15) is 0 Å². The van der Waals surface area contributed by atoms with Gasteiger partial charge in [-0.15, -0.1) is 0 Å². The van der Waals surface area contributed by atoms with Crippen LogP contribution in [0.2, 0.25) is 6.82 Å². The van der Waals surface area contributed by atoms with Crippen LogP contribution >= 0.6 is 0 Å². The second-order valence-corrected chi connectivity index (χ2v) is 3.85. The molecule has 0 amide bonds. The van der Waals surface area contributed by atoms with E-state index in [2.05, 4.69) is 17.1 Å². The van der Waals surface area contributed by atoms with Crippen LogP contribution in [-0.4, -0.2) is 35.0 Å². The highest BCUT2D eigenvalue weighted by atomic mass is 16.2. The molecule has 3 nitrogen and oxygen atoms in total. The van der Waals surface area contributed by atoms with Gasteiger partial charge in [0, 0.05) is 18.9 Å². The molecule has 1 N–H and O–H groups in total. The van der Waals surface area contributed by atoms with Crippen LogP contribution in [0.25, 0.3) is 5.57 Å². The zero-order valence-electron chi connectivity index (χ0n) is 8.93. The van der Waals surface area contributed by atoms with Crippen molar-refractivity contribution in [2.75, 3.05) is 13.1 Å². The summed E-state index contributed by atoms with van der Waals surface area (Å²) in [5.41, 5.74) is 2.53. The minimum absolute atomic E-state index is 0.350. The number of nitrogens with zero attached hydrogens (tertiary/aromatic N) is 2. The van der Waals surface area contributed by atoms with Gasteiger partial charge >= 0.3 is 7.05 Å². The van der Waals surface area contributed by atoms with Crippen LogP contribution in [-0.2, 0) is 0 Å². The highest BCUT2D eigenvalue weighted by Crippen LogP contribution is 2.21. The maximum atomic E-state index is 9.42. The second kappa shape index (κ2) is 4.60. The van der Waals surface area contributed by atoms with Gasteiger partial charge in [0.15, 0.2) is 0 Å². The molecule has 1 aromatic rings. The molecule has 0 unspecified atom stereocenters. The first-order valence-corrected chi connectivity index (χ1v) is 5.29. The number of pyridine rings is 1. The molecule has 0 atom stereocenters. The first kappa shape index (κ1) is 10.4. The summed E-state index contributed by atoms with van der Waals surface area (Å²) in [6.07, 6.45) is 6.84. The molecule has 4 heteroatoms. The van der Waals surface area contributed by atoms with Crippen molar-refractivity contribution in [2.45, 2.75) is 13.2 Å². The minimum atomic E-state index is -0.350. The van der Waals surface area contributed by atoms with Crippen molar-refractivity contribution in [3.8, 4) is 0 Å². The topological polar surface area (TPSA) is 36.4 Å². The molecule has 0 aliphatic carbocycles. The first-order chi connectivity index (χ1) is 7.27. The zero-order valence-corrected chi connectivity index (χ0v) is 8.93. The molecule has 0 spiro atoms. The van der Waals surface area contributed by atoms with Gasteiger partial charge in [-0.25, -0.2) is 0 Å². The second-order valence-electron chi connectivity index (χ2n) is 3.85. The lowest BCUT2D eigenvalue weighted by atomic mass is 9.82. The van der Waals surface area contributed by atoms with Crippen molar-refractivity contribution < 1.29 is 5.02 Å². The summed E-state index contributed by atoms with van der Waals surface area (Å²) in [5.74, 6) is 0. The Labute approximate surface area is 90.6 Å². The average Bonchev–Trinajstić information content (AvgIpc) is 2.30. The van der Waals surface area contributed by atoms with E-state index in [0.717, 1.165) is 19.5 Å². The number of aromatic nitrogens is 1. The normalized spacial score (nSPS) is 17.3. The third kappa shape index (κ3) is 2.46. The van der Waals surface area contributed by atoms with Crippen LogP contribution in [0.15, 0.2) is 30.6 Å². The highest BCUT2D eigenvalue weighted by Gasteiger charge is 2.19. The monoisotopic (exact) mass is 202 g/mol. The van der Waals surface area contributed by atoms with E-state index in [1.54, 1.807) is 6.20 Å². The first-order valence-electron chi connectivity index (χ1n) is 5.29. The Bertz CT molecular complexity index is 351. The molecular weight excluding hydrogens is 187 g/mol. The van der Waals surface area contributed by atoms with Crippen molar-refractivity contribution in [3.05, 3.63) is 36.2 Å². The van der Waals surface area contributed by atoms with E-state index in [0.29, 0.717) is 0 Å². The Morgan fingerprint density at radius 2 is 2.40 bits per heavy atom. The van der Waals surface area contributed by atoms with Gasteiger partial charge in [-0.1, -0.05) is 12.1 Å². The molecule has 2 heterocycles. The van der Waals surface area contributed by atoms with E-state index in [-0.39, 0.29) is 7.05 Å². The molecule has 78 valence electrons. The fraction of sp³-hybridized carbons (Fsp3) is 0.364. The Kier molecular flexibility index (Phi) is 3.19. The van der Waals surface area contributed by atoms with Crippen LogP contribution in [0.5, 0.6) is 0 Å². The molecule has 0 aromatic carbocycles. The number of hydrogen-bond acceptors (Lipinski definition) is 3. The van der Waals surface area contributed by atoms with Gasteiger partial charge in [-0.2, -0.15) is 0 Å². The van der Waals surface area contributed by atoms with Crippen molar-refractivity contribution >= 4 is 12.6 Å². The van der Waals surface area contributed by atoms with Crippen LogP contribution in [0.3, 0.4) is 0 Å². The fourth-order valence-electron chi connectivity index (χ4n) is 1.84. The molecule has 15 heavy (non-hydrogen) atoms. The molecule has 2 rings (SSSR count). The maximum Gasteiger partial charge on any atom is 0.376 e. The van der Waals surface area contributed by atoms with Crippen molar-refractivity contribution in [3.63, 3.8) is 0 Å². The minimum Gasteiger partial charge on any atom is -0.437 e. The molecule has 0 fully saturated rings. The predicted molar refractivity (Wildman–Crippen MR) is 62.2 cm³/mol. The summed E-state index contributed by atoms with van der Waals surface area (Å²) < 4.78 is 0. The molecule has 0 bridgehead atoms. The number of hydrogen-bond donors (Lipinski definition) is 1. The quantitative estimate of drug-likeness (QED) is 0.734. The fourth-order valence-corrected chi connectivity index (χ4v) is 1.84. The summed E-state index contributed by atoms with van der Waals surface area (Å²) in [7, 11) is -0.350. The number of rotatable bonds is 2. The molecule has 0 radical (unpaired) electrons. The van der Waals surface area contributed by atoms with Gasteiger partial charge in [-0.05, 0) is 37.0 Å². The van der Waals surface area contributed by atoms with Crippen molar-refractivity contribution in [1.82, 2.24) is 9.79 Å². The summed E-state index contributed by atoms with van der Waals surface area (Å²) in [6, 6.07) is 4.04. The van der Waals surface area contributed by atoms with Gasteiger partial charge in [0.05, 0.1) is 0 Å². The summed E-state index contributed by atoms with van der Waals surface area (Å²) in [5, 5.41) is 9.42. The van der Waals surface area contributed by atoms with Gasteiger partial charge in [0.2, 0.25) is 0 Å². The Balaban J connectivity index is 2.09. The summed E-state index contributed by atoms with van der Waals surface area (Å²) in [4.78, 5) is 6.15. The highest BCUT2D eigenvalue weighted by molar-refractivity contribution is 6.45. The molecule has 0 saturated heterocycles. The van der Waals surface area contributed by atoms with Crippen LogP contribution < -0.4 is 0 Å². The van der Waals surface area contributed by atoms with E-state index in [1.165, 1.54) is 11.1 Å². The third-order valence-electron chi connectivity index (χ3n) is 2.80. The summed E-state index contributed by atoms with van der Waals surface area (Å²) in [6.45, 7) is 3.54. The molecule has 1 aliphatic heterocycles. The lowest BCUT2D eigenvalue weighted by Crippen LogP contribution is -2.39. The van der Waals surface area contributed by atoms with Crippen molar-refractivity contribution in [1.29, 1.82) is 0 Å². The third-order valence-corrected chi connectivity index (χ3v) is 2.80. The Morgan fingerprint density at radius 1 is 1.53 bits per heavy atom. The van der Waals surface area contributed by atoms with Crippen LogP contribution in [0.4, 0.5) is 0 Å². The van der Waals surface area contributed by atoms with Crippen molar-refractivity contribution in [2.24, 2.45) is 0 Å². The molecular formula is C11H15BN2O. The largest absolute Gasteiger partial charge is 0.437 e. The lowest BCUT2D eigenvalue weighted by molar-refractivity contribution is 0.392. The summed E-state index contributed by atoms with van der Waals surface area (Å²) >= 11 is 0. The SMILES string of the molecule is CB(O)N1CC=C(c2cccnc2)CC1. The van der Waals surface area contributed by atoms with E-state index in [9.17, 15) is 5.02 Å². The van der Waals surface area contributed by atoms with E-state index in [4.69, 9.17) is 0 Å². The van der Waals surface area contributed by atoms with E-state index >= 15 is 0 Å². The zero-order chi connectivity index (χ0) is 10.7. The average molecular weight is 202 g/mol. The lowest BCUT2D eigenvalue weighted by Gasteiger charge is -2.26. The predicted octanol–water partition coefficient (Wildman–Crippen LogP) is 1.28. The maximum absolute atomic E-state index is 9.42. The van der Waals surface area contributed by atoms with Gasteiger partial charge < -0.3 is 9.83 Å². The van der Waals surface area contributed by atoms with Crippen LogP contribution in [0.1, 0.15) is 12.0 Å². The van der Waals surface area contributed by atoms with Gasteiger partial charge in [-0.3, -0.25) is 4.98 Å². The van der Waals surface area contributed by atoms with Gasteiger partial charge in [0.25, 0.3) is 0 Å². The molecule has 0 saturated carbocycles. The molecule has 1 aromatic heterocycles. The van der Waals surface area contributed by atoms with E-state index < -0.39 is 0 Å². The molecule has 1 aliphatic rings.